The van der Waals surface area contributed by atoms with Crippen LogP contribution in [0, 0.1) is 6.92 Å². The predicted octanol–water partition coefficient (Wildman–Crippen LogP) is 5.35. The number of halogens is 3. The van der Waals surface area contributed by atoms with Gasteiger partial charge in [0, 0.05) is 15.6 Å². The van der Waals surface area contributed by atoms with Crippen LogP contribution in [0.2, 0.25) is 15.1 Å². The molecule has 0 aromatic heterocycles. The minimum Gasteiger partial charge on any atom is -0.487 e. The quantitative estimate of drug-likeness (QED) is 0.707. The number of aryl methyl sites for hydroxylation is 1. The maximum atomic E-state index is 11.0. The lowest BCUT2D eigenvalue weighted by Crippen LogP contribution is -2.00. The molecule has 0 saturated heterocycles. The van der Waals surface area contributed by atoms with Gasteiger partial charge in [-0.3, -0.25) is 4.79 Å². The highest BCUT2D eigenvalue weighted by Crippen LogP contribution is 2.32. The van der Waals surface area contributed by atoms with Crippen LogP contribution in [0.15, 0.2) is 30.3 Å². The van der Waals surface area contributed by atoms with Crippen molar-refractivity contribution >= 4 is 41.1 Å². The van der Waals surface area contributed by atoms with Crippen molar-refractivity contribution in [1.29, 1.82) is 0 Å². The molecule has 0 aliphatic rings. The van der Waals surface area contributed by atoms with Crippen molar-refractivity contribution in [1.82, 2.24) is 0 Å². The normalized spacial score (nSPS) is 10.4. The third kappa shape index (κ3) is 3.45. The molecule has 0 saturated carbocycles. The molecule has 2 nitrogen and oxygen atoms in total. The van der Waals surface area contributed by atoms with Crippen molar-refractivity contribution in [3.05, 3.63) is 62.1 Å². The van der Waals surface area contributed by atoms with E-state index in [1.165, 1.54) is 12.1 Å². The van der Waals surface area contributed by atoms with E-state index >= 15 is 0 Å². The summed E-state index contributed by atoms with van der Waals surface area (Å²) in [5, 5.41) is 1.29. The van der Waals surface area contributed by atoms with Crippen LogP contribution in [0.5, 0.6) is 5.75 Å². The number of hydrogen-bond acceptors (Lipinski definition) is 2. The maximum Gasteiger partial charge on any atom is 0.153 e. The Balaban J connectivity index is 2.25. The SMILES string of the molecule is Cc1ccc(COc2c(Cl)cc(Cl)cc2C=O)c(Cl)c1. The van der Waals surface area contributed by atoms with Crippen molar-refractivity contribution in [2.75, 3.05) is 0 Å². The van der Waals surface area contributed by atoms with Gasteiger partial charge in [0.25, 0.3) is 0 Å². The topological polar surface area (TPSA) is 26.3 Å². The lowest BCUT2D eigenvalue weighted by atomic mass is 10.1. The van der Waals surface area contributed by atoms with Gasteiger partial charge in [-0.25, -0.2) is 0 Å². The van der Waals surface area contributed by atoms with E-state index in [4.69, 9.17) is 39.5 Å². The zero-order chi connectivity index (χ0) is 14.7. The number of aldehydes is 1. The minimum absolute atomic E-state index is 0.224. The fourth-order valence-electron chi connectivity index (χ4n) is 1.74. The highest BCUT2D eigenvalue weighted by Gasteiger charge is 2.11. The fourth-order valence-corrected chi connectivity index (χ4v) is 2.59. The van der Waals surface area contributed by atoms with Gasteiger partial charge in [0.05, 0.1) is 10.6 Å². The molecule has 2 aromatic rings. The number of carbonyl (C=O) groups is 1. The summed E-state index contributed by atoms with van der Waals surface area (Å²) < 4.78 is 5.61. The molecule has 0 heterocycles. The van der Waals surface area contributed by atoms with E-state index in [0.29, 0.717) is 32.7 Å². The summed E-state index contributed by atoms with van der Waals surface area (Å²) in [6.45, 7) is 2.18. The van der Waals surface area contributed by atoms with Gasteiger partial charge in [0.2, 0.25) is 0 Å². The van der Waals surface area contributed by atoms with Gasteiger partial charge in [-0.15, -0.1) is 0 Å². The highest BCUT2D eigenvalue weighted by atomic mass is 35.5. The summed E-state index contributed by atoms with van der Waals surface area (Å²) in [5.74, 6) is 0.308. The summed E-state index contributed by atoms with van der Waals surface area (Å²) in [4.78, 5) is 11.0. The van der Waals surface area contributed by atoms with E-state index in [2.05, 4.69) is 0 Å². The number of rotatable bonds is 4. The van der Waals surface area contributed by atoms with Crippen LogP contribution in [-0.2, 0) is 6.61 Å². The molecule has 0 spiro atoms. The van der Waals surface area contributed by atoms with E-state index in [1.54, 1.807) is 0 Å². The largest absolute Gasteiger partial charge is 0.487 e. The van der Waals surface area contributed by atoms with E-state index in [0.717, 1.165) is 11.1 Å². The Labute approximate surface area is 132 Å². The van der Waals surface area contributed by atoms with Crippen molar-refractivity contribution in [3.8, 4) is 5.75 Å². The molecule has 0 aliphatic heterocycles. The van der Waals surface area contributed by atoms with Crippen LogP contribution in [0.3, 0.4) is 0 Å². The summed E-state index contributed by atoms with van der Waals surface area (Å²) in [6, 6.07) is 8.70. The van der Waals surface area contributed by atoms with Crippen molar-refractivity contribution < 1.29 is 9.53 Å². The van der Waals surface area contributed by atoms with E-state index in [-0.39, 0.29) is 6.61 Å². The van der Waals surface area contributed by atoms with Crippen molar-refractivity contribution in [3.63, 3.8) is 0 Å². The van der Waals surface area contributed by atoms with Crippen LogP contribution in [0.1, 0.15) is 21.5 Å². The second-order valence-electron chi connectivity index (χ2n) is 4.31. The molecule has 0 bridgehead atoms. The van der Waals surface area contributed by atoms with Crippen molar-refractivity contribution in [2.45, 2.75) is 13.5 Å². The first-order valence-electron chi connectivity index (χ1n) is 5.83. The van der Waals surface area contributed by atoms with Gasteiger partial charge in [0.15, 0.2) is 6.29 Å². The Bertz CT molecular complexity index is 654. The van der Waals surface area contributed by atoms with Gasteiger partial charge in [-0.05, 0) is 30.7 Å². The molecule has 0 radical (unpaired) electrons. The molecule has 0 fully saturated rings. The van der Waals surface area contributed by atoms with E-state index in [1.807, 2.05) is 25.1 Å². The Hall–Kier alpha value is -1.22. The number of hydrogen-bond donors (Lipinski definition) is 0. The Morgan fingerprint density at radius 3 is 2.50 bits per heavy atom. The molecule has 0 aliphatic carbocycles. The Morgan fingerprint density at radius 1 is 1.10 bits per heavy atom. The lowest BCUT2D eigenvalue weighted by molar-refractivity contribution is 0.111. The summed E-state index contributed by atoms with van der Waals surface area (Å²) in [5.41, 5.74) is 2.20. The second kappa shape index (κ2) is 6.49. The maximum absolute atomic E-state index is 11.0. The standard InChI is InChI=1S/C15H11Cl3O2/c1-9-2-3-10(13(17)4-9)8-20-15-11(7-19)5-12(16)6-14(15)18/h2-7H,8H2,1H3. The summed E-state index contributed by atoms with van der Waals surface area (Å²) >= 11 is 18.0. The smallest absolute Gasteiger partial charge is 0.153 e. The average Bonchev–Trinajstić information content (AvgIpc) is 2.38. The first-order valence-corrected chi connectivity index (χ1v) is 6.96. The van der Waals surface area contributed by atoms with E-state index < -0.39 is 0 Å². The molecule has 2 aromatic carbocycles. The van der Waals surface area contributed by atoms with Gasteiger partial charge in [0.1, 0.15) is 12.4 Å². The molecule has 20 heavy (non-hydrogen) atoms. The monoisotopic (exact) mass is 328 g/mol. The van der Waals surface area contributed by atoms with E-state index in [9.17, 15) is 4.79 Å². The molecule has 0 atom stereocenters. The number of ether oxygens (including phenoxy) is 1. The molecule has 0 unspecified atom stereocenters. The molecular formula is C15H11Cl3O2. The summed E-state index contributed by atoms with van der Waals surface area (Å²) in [6.07, 6.45) is 0.657. The first kappa shape index (κ1) is 15.2. The third-order valence-corrected chi connectivity index (χ3v) is 3.60. The fraction of sp³-hybridized carbons (Fsp3) is 0.133. The second-order valence-corrected chi connectivity index (χ2v) is 5.56. The predicted molar refractivity (Wildman–Crippen MR) is 82.4 cm³/mol. The van der Waals surface area contributed by atoms with Crippen molar-refractivity contribution in [2.24, 2.45) is 0 Å². The average molecular weight is 330 g/mol. The van der Waals surface area contributed by atoms with Gasteiger partial charge in [-0.2, -0.15) is 0 Å². The first-order chi connectivity index (χ1) is 9.51. The number of carbonyl (C=O) groups excluding carboxylic acids is 1. The van der Waals surface area contributed by atoms with Crippen LogP contribution >= 0.6 is 34.8 Å². The van der Waals surface area contributed by atoms with Crippen LogP contribution in [0.25, 0.3) is 0 Å². The van der Waals surface area contributed by atoms with Gasteiger partial charge >= 0.3 is 0 Å². The van der Waals surface area contributed by atoms with Crippen LogP contribution < -0.4 is 4.74 Å². The zero-order valence-corrected chi connectivity index (χ0v) is 12.9. The number of benzene rings is 2. The third-order valence-electron chi connectivity index (χ3n) is 2.74. The van der Waals surface area contributed by atoms with Gasteiger partial charge in [-0.1, -0.05) is 46.9 Å². The summed E-state index contributed by atoms with van der Waals surface area (Å²) in [7, 11) is 0. The molecule has 5 heteroatoms. The minimum atomic E-state index is 0.224. The lowest BCUT2D eigenvalue weighted by Gasteiger charge is -2.12. The zero-order valence-electron chi connectivity index (χ0n) is 10.6. The molecule has 0 N–H and O–H groups in total. The Kier molecular flexibility index (Phi) is 4.92. The molecule has 2 rings (SSSR count). The Morgan fingerprint density at radius 2 is 1.85 bits per heavy atom. The highest BCUT2D eigenvalue weighted by molar-refractivity contribution is 6.36. The van der Waals surface area contributed by atoms with Gasteiger partial charge < -0.3 is 4.74 Å². The molecule has 0 amide bonds. The molecular weight excluding hydrogens is 319 g/mol. The van der Waals surface area contributed by atoms with Crippen LogP contribution in [0.4, 0.5) is 0 Å². The van der Waals surface area contributed by atoms with Crippen LogP contribution in [-0.4, -0.2) is 6.29 Å². The molecule has 104 valence electrons.